The van der Waals surface area contributed by atoms with E-state index in [-0.39, 0.29) is 5.97 Å². The molecule has 116 valence electrons. The van der Waals surface area contributed by atoms with Crippen molar-refractivity contribution in [1.82, 2.24) is 9.88 Å². The Balaban J connectivity index is 1.83. The third kappa shape index (κ3) is 4.17. The lowest BCUT2D eigenvalue weighted by Gasteiger charge is -2.24. The second-order valence-corrected chi connectivity index (χ2v) is 5.67. The molecule has 0 aromatic carbocycles. The smallest absolute Gasteiger partial charge is 0.339 e. The molecule has 0 radical (unpaired) electrons. The van der Waals surface area contributed by atoms with Crippen molar-refractivity contribution in [1.29, 1.82) is 0 Å². The summed E-state index contributed by atoms with van der Waals surface area (Å²) in [5.74, 6) is 0.465. The first-order valence-electron chi connectivity index (χ1n) is 7.62. The highest BCUT2D eigenvalue weighted by molar-refractivity contribution is 5.90. The Hall–Kier alpha value is -1.62. The van der Waals surface area contributed by atoms with Crippen LogP contribution in [-0.2, 0) is 4.74 Å². The lowest BCUT2D eigenvalue weighted by molar-refractivity contribution is 0.0599. The molecule has 1 saturated carbocycles. The van der Waals surface area contributed by atoms with Gasteiger partial charge in [-0.05, 0) is 38.9 Å². The summed E-state index contributed by atoms with van der Waals surface area (Å²) in [6.45, 7) is 3.68. The fourth-order valence-corrected chi connectivity index (χ4v) is 2.87. The van der Waals surface area contributed by atoms with Gasteiger partial charge in [-0.3, -0.25) is 0 Å². The molecule has 0 saturated heterocycles. The standard InChI is InChI=1S/C16H25N3O2/c1-12-14(16(20)21-3)8-9-15(18-12)17-10-11-19(2)13-6-4-5-7-13/h8-9,13H,4-7,10-11H2,1-3H3,(H,17,18). The molecular formula is C16H25N3O2. The number of pyridine rings is 1. The number of nitrogens with one attached hydrogen (secondary N) is 1. The van der Waals surface area contributed by atoms with Gasteiger partial charge in [0, 0.05) is 19.1 Å². The van der Waals surface area contributed by atoms with Gasteiger partial charge < -0.3 is 15.0 Å². The molecule has 0 aliphatic heterocycles. The second-order valence-electron chi connectivity index (χ2n) is 5.67. The van der Waals surface area contributed by atoms with E-state index in [1.54, 1.807) is 6.07 Å². The predicted octanol–water partition coefficient (Wildman–Crippen LogP) is 2.46. The van der Waals surface area contributed by atoms with Crippen LogP contribution in [0.25, 0.3) is 0 Å². The highest BCUT2D eigenvalue weighted by atomic mass is 16.5. The van der Waals surface area contributed by atoms with E-state index in [2.05, 4.69) is 22.2 Å². The minimum absolute atomic E-state index is 0.340. The summed E-state index contributed by atoms with van der Waals surface area (Å²) in [6.07, 6.45) is 5.36. The van der Waals surface area contributed by atoms with Gasteiger partial charge in [-0.25, -0.2) is 9.78 Å². The number of esters is 1. The molecule has 1 aliphatic carbocycles. The van der Waals surface area contributed by atoms with E-state index in [1.807, 2.05) is 13.0 Å². The number of methoxy groups -OCH3 is 1. The SMILES string of the molecule is COC(=O)c1ccc(NCCN(C)C2CCCC2)nc1C. The monoisotopic (exact) mass is 291 g/mol. The summed E-state index contributed by atoms with van der Waals surface area (Å²) in [5, 5.41) is 3.32. The number of hydrogen-bond donors (Lipinski definition) is 1. The Labute approximate surface area is 126 Å². The third-order valence-corrected chi connectivity index (χ3v) is 4.21. The molecule has 1 N–H and O–H groups in total. The number of aryl methyl sites for hydroxylation is 1. The van der Waals surface area contributed by atoms with Gasteiger partial charge in [0.05, 0.1) is 18.4 Å². The fraction of sp³-hybridized carbons (Fsp3) is 0.625. The summed E-state index contributed by atoms with van der Waals surface area (Å²) in [5.41, 5.74) is 1.21. The minimum Gasteiger partial charge on any atom is -0.465 e. The van der Waals surface area contributed by atoms with Crippen LogP contribution in [0.3, 0.4) is 0 Å². The van der Waals surface area contributed by atoms with Crippen molar-refractivity contribution in [2.24, 2.45) is 0 Å². The van der Waals surface area contributed by atoms with E-state index >= 15 is 0 Å². The van der Waals surface area contributed by atoms with Crippen LogP contribution in [0.5, 0.6) is 0 Å². The number of rotatable bonds is 6. The van der Waals surface area contributed by atoms with Crippen molar-refractivity contribution in [3.8, 4) is 0 Å². The van der Waals surface area contributed by atoms with Gasteiger partial charge in [-0.2, -0.15) is 0 Å². The topological polar surface area (TPSA) is 54.5 Å². The van der Waals surface area contributed by atoms with E-state index in [1.165, 1.54) is 32.8 Å². The molecule has 2 rings (SSSR count). The van der Waals surface area contributed by atoms with Crippen molar-refractivity contribution in [3.63, 3.8) is 0 Å². The molecule has 1 heterocycles. The van der Waals surface area contributed by atoms with E-state index < -0.39 is 0 Å². The molecule has 1 fully saturated rings. The van der Waals surface area contributed by atoms with Gasteiger partial charge in [0.25, 0.3) is 0 Å². The van der Waals surface area contributed by atoms with E-state index in [0.717, 1.165) is 24.9 Å². The summed E-state index contributed by atoms with van der Waals surface area (Å²) in [6, 6.07) is 4.33. The first-order valence-corrected chi connectivity index (χ1v) is 7.62. The Kier molecular flexibility index (Phi) is 5.56. The molecule has 0 bridgehead atoms. The number of carbonyl (C=O) groups excluding carboxylic acids is 1. The van der Waals surface area contributed by atoms with Gasteiger partial charge >= 0.3 is 5.97 Å². The summed E-state index contributed by atoms with van der Waals surface area (Å²) < 4.78 is 4.72. The Bertz CT molecular complexity index is 484. The van der Waals surface area contributed by atoms with Crippen LogP contribution >= 0.6 is 0 Å². The molecule has 1 aromatic heterocycles. The average molecular weight is 291 g/mol. The Morgan fingerprint density at radius 3 is 2.76 bits per heavy atom. The zero-order chi connectivity index (χ0) is 15.2. The molecule has 0 unspecified atom stereocenters. The third-order valence-electron chi connectivity index (χ3n) is 4.21. The van der Waals surface area contributed by atoms with Gasteiger partial charge in [-0.15, -0.1) is 0 Å². The van der Waals surface area contributed by atoms with Crippen LogP contribution in [0.4, 0.5) is 5.82 Å². The van der Waals surface area contributed by atoms with Crippen molar-refractivity contribution in [2.75, 3.05) is 32.6 Å². The number of carbonyl (C=O) groups is 1. The number of anilines is 1. The Morgan fingerprint density at radius 1 is 1.43 bits per heavy atom. The van der Waals surface area contributed by atoms with E-state index in [4.69, 9.17) is 4.74 Å². The molecule has 0 spiro atoms. The van der Waals surface area contributed by atoms with Crippen LogP contribution in [-0.4, -0.2) is 49.1 Å². The molecule has 0 amide bonds. The average Bonchev–Trinajstić information content (AvgIpc) is 3.01. The minimum atomic E-state index is -0.340. The highest BCUT2D eigenvalue weighted by Crippen LogP contribution is 2.22. The zero-order valence-corrected chi connectivity index (χ0v) is 13.2. The van der Waals surface area contributed by atoms with Crippen LogP contribution in [0.2, 0.25) is 0 Å². The lowest BCUT2D eigenvalue weighted by Crippen LogP contribution is -2.33. The maximum absolute atomic E-state index is 11.5. The van der Waals surface area contributed by atoms with Gasteiger partial charge in [-0.1, -0.05) is 12.8 Å². The highest BCUT2D eigenvalue weighted by Gasteiger charge is 2.18. The maximum Gasteiger partial charge on any atom is 0.339 e. The summed E-state index contributed by atoms with van der Waals surface area (Å²) in [4.78, 5) is 18.3. The largest absolute Gasteiger partial charge is 0.465 e. The lowest BCUT2D eigenvalue weighted by atomic mass is 10.2. The number of likely N-dealkylation sites (N-methyl/N-ethyl adjacent to an activating group) is 1. The van der Waals surface area contributed by atoms with Gasteiger partial charge in [0.1, 0.15) is 5.82 Å². The predicted molar refractivity (Wildman–Crippen MR) is 83.7 cm³/mol. The maximum atomic E-state index is 11.5. The molecule has 5 heteroatoms. The molecule has 1 aromatic rings. The number of nitrogens with zero attached hydrogens (tertiary/aromatic N) is 2. The van der Waals surface area contributed by atoms with E-state index in [9.17, 15) is 4.79 Å². The normalized spacial score (nSPS) is 15.4. The van der Waals surface area contributed by atoms with Crippen LogP contribution in [0, 0.1) is 6.92 Å². The van der Waals surface area contributed by atoms with Crippen LogP contribution in [0.15, 0.2) is 12.1 Å². The molecule has 5 nitrogen and oxygen atoms in total. The van der Waals surface area contributed by atoms with Crippen molar-refractivity contribution >= 4 is 11.8 Å². The van der Waals surface area contributed by atoms with Crippen molar-refractivity contribution in [3.05, 3.63) is 23.4 Å². The van der Waals surface area contributed by atoms with E-state index in [0.29, 0.717) is 11.3 Å². The fourth-order valence-electron chi connectivity index (χ4n) is 2.87. The van der Waals surface area contributed by atoms with Crippen LogP contribution < -0.4 is 5.32 Å². The Morgan fingerprint density at radius 2 is 2.14 bits per heavy atom. The van der Waals surface area contributed by atoms with Crippen LogP contribution in [0.1, 0.15) is 41.7 Å². The molecule has 0 atom stereocenters. The molecular weight excluding hydrogens is 266 g/mol. The molecule has 21 heavy (non-hydrogen) atoms. The number of ether oxygens (including phenoxy) is 1. The van der Waals surface area contributed by atoms with Gasteiger partial charge in [0.2, 0.25) is 0 Å². The molecule has 1 aliphatic rings. The first kappa shape index (κ1) is 15.8. The zero-order valence-electron chi connectivity index (χ0n) is 13.2. The summed E-state index contributed by atoms with van der Waals surface area (Å²) >= 11 is 0. The summed E-state index contributed by atoms with van der Waals surface area (Å²) in [7, 11) is 3.57. The first-order chi connectivity index (χ1) is 10.1. The second kappa shape index (κ2) is 7.41. The van der Waals surface area contributed by atoms with Crippen molar-refractivity contribution < 1.29 is 9.53 Å². The number of aromatic nitrogens is 1. The quantitative estimate of drug-likeness (QED) is 0.816. The van der Waals surface area contributed by atoms with Gasteiger partial charge in [0.15, 0.2) is 0 Å². The van der Waals surface area contributed by atoms with Crippen molar-refractivity contribution in [2.45, 2.75) is 38.6 Å². The number of hydrogen-bond acceptors (Lipinski definition) is 5.